The van der Waals surface area contributed by atoms with Crippen LogP contribution in [0.3, 0.4) is 0 Å². The predicted octanol–water partition coefficient (Wildman–Crippen LogP) is 3.27. The lowest BCUT2D eigenvalue weighted by Gasteiger charge is -2.13. The van der Waals surface area contributed by atoms with E-state index in [4.69, 9.17) is 23.2 Å². The van der Waals surface area contributed by atoms with Crippen LogP contribution in [-0.4, -0.2) is 4.98 Å². The van der Waals surface area contributed by atoms with Crippen molar-refractivity contribution in [3.63, 3.8) is 0 Å². The Bertz CT molecular complexity index is 378. The van der Waals surface area contributed by atoms with Crippen LogP contribution in [-0.2, 0) is 0 Å². The molecule has 0 aliphatic heterocycles. The van der Waals surface area contributed by atoms with E-state index in [1.54, 1.807) is 0 Å². The molecule has 84 valence electrons. The third kappa shape index (κ3) is 2.34. The smallest absolute Gasteiger partial charge is 0.308 e. The summed E-state index contributed by atoms with van der Waals surface area (Å²) in [5.41, 5.74) is 0.965. The molecule has 1 heterocycles. The van der Waals surface area contributed by atoms with Crippen molar-refractivity contribution >= 4 is 23.2 Å². The van der Waals surface area contributed by atoms with Gasteiger partial charge in [-0.2, -0.15) is 4.73 Å². The van der Waals surface area contributed by atoms with Crippen LogP contribution >= 0.6 is 23.2 Å². The summed E-state index contributed by atoms with van der Waals surface area (Å²) < 4.78 is 0.677. The Morgan fingerprint density at radius 2 is 1.67 bits per heavy atom. The Morgan fingerprint density at radius 3 is 2.07 bits per heavy atom. The zero-order valence-corrected chi connectivity index (χ0v) is 10.7. The fraction of sp³-hybridized carbons (Fsp3) is 0.600. The van der Waals surface area contributed by atoms with Gasteiger partial charge >= 0.3 is 5.15 Å². The number of nitrogens with zero attached hydrogens (tertiary/aromatic N) is 2. The maximum absolute atomic E-state index is 11.8. The van der Waals surface area contributed by atoms with Gasteiger partial charge in [-0.3, -0.25) is 0 Å². The van der Waals surface area contributed by atoms with Gasteiger partial charge in [-0.25, -0.2) is 4.98 Å². The molecule has 0 N–H and O–H groups in total. The molecular weight excluding hydrogens is 235 g/mol. The SMILES string of the molecule is CC(C)c1nc(Cl)c(C(C)C)[n+]([O-])c1Cl. The molecule has 0 spiro atoms. The van der Waals surface area contributed by atoms with E-state index in [-0.39, 0.29) is 22.1 Å². The van der Waals surface area contributed by atoms with Gasteiger partial charge in [0.1, 0.15) is 5.69 Å². The largest absolute Gasteiger partial charge is 0.617 e. The first-order chi connectivity index (χ1) is 6.86. The van der Waals surface area contributed by atoms with Gasteiger partial charge in [-0.1, -0.05) is 39.3 Å². The lowest BCUT2D eigenvalue weighted by molar-refractivity contribution is -0.613. The van der Waals surface area contributed by atoms with Gasteiger partial charge in [-0.05, 0) is 11.6 Å². The third-order valence-corrected chi connectivity index (χ3v) is 2.76. The fourth-order valence-corrected chi connectivity index (χ4v) is 2.08. The molecule has 0 aliphatic carbocycles. The predicted molar refractivity (Wildman–Crippen MR) is 61.4 cm³/mol. The second kappa shape index (κ2) is 4.54. The molecule has 0 saturated carbocycles. The topological polar surface area (TPSA) is 39.8 Å². The maximum Gasteiger partial charge on any atom is 0.308 e. The summed E-state index contributed by atoms with van der Waals surface area (Å²) in [7, 11) is 0. The van der Waals surface area contributed by atoms with Crippen molar-refractivity contribution in [1.82, 2.24) is 4.98 Å². The van der Waals surface area contributed by atoms with Crippen molar-refractivity contribution in [1.29, 1.82) is 0 Å². The quantitative estimate of drug-likeness (QED) is 0.596. The first kappa shape index (κ1) is 12.5. The van der Waals surface area contributed by atoms with Gasteiger partial charge in [0.15, 0.2) is 5.15 Å². The Labute approximate surface area is 99.6 Å². The summed E-state index contributed by atoms with van der Waals surface area (Å²) in [5, 5.41) is 12.2. The Morgan fingerprint density at radius 1 is 1.13 bits per heavy atom. The van der Waals surface area contributed by atoms with E-state index >= 15 is 0 Å². The van der Waals surface area contributed by atoms with E-state index in [2.05, 4.69) is 4.98 Å². The number of rotatable bonds is 2. The highest BCUT2D eigenvalue weighted by Gasteiger charge is 2.25. The van der Waals surface area contributed by atoms with E-state index < -0.39 is 0 Å². The van der Waals surface area contributed by atoms with Crippen LogP contribution in [0.1, 0.15) is 50.9 Å². The highest BCUT2D eigenvalue weighted by molar-refractivity contribution is 6.31. The van der Waals surface area contributed by atoms with Crippen LogP contribution in [0.5, 0.6) is 0 Å². The van der Waals surface area contributed by atoms with Crippen molar-refractivity contribution in [3.8, 4) is 0 Å². The average Bonchev–Trinajstić information content (AvgIpc) is 2.10. The van der Waals surface area contributed by atoms with Gasteiger partial charge in [0.25, 0.3) is 0 Å². The first-order valence-corrected chi connectivity index (χ1v) is 5.60. The Balaban J connectivity index is 3.44. The van der Waals surface area contributed by atoms with Gasteiger partial charge in [0.05, 0.1) is 0 Å². The minimum absolute atomic E-state index is 0.00112. The van der Waals surface area contributed by atoms with Crippen molar-refractivity contribution in [2.45, 2.75) is 39.5 Å². The Hall–Kier alpha value is -0.540. The molecule has 15 heavy (non-hydrogen) atoms. The second-order valence-electron chi connectivity index (χ2n) is 4.07. The Kier molecular flexibility index (Phi) is 3.79. The van der Waals surface area contributed by atoms with E-state index in [1.165, 1.54) is 0 Å². The van der Waals surface area contributed by atoms with Gasteiger partial charge in [0.2, 0.25) is 5.69 Å². The highest BCUT2D eigenvalue weighted by atomic mass is 35.5. The molecule has 1 aromatic rings. The summed E-state index contributed by atoms with van der Waals surface area (Å²) in [5.74, 6) is 0.0811. The van der Waals surface area contributed by atoms with E-state index in [1.807, 2.05) is 27.7 Å². The number of aromatic nitrogens is 2. The van der Waals surface area contributed by atoms with Crippen LogP contribution in [0, 0.1) is 5.21 Å². The van der Waals surface area contributed by atoms with Gasteiger partial charge < -0.3 is 5.21 Å². The molecule has 1 aromatic heterocycles. The molecule has 0 amide bonds. The summed E-state index contributed by atoms with van der Waals surface area (Å²) in [4.78, 5) is 4.17. The van der Waals surface area contributed by atoms with Gasteiger partial charge in [-0.15, -0.1) is 0 Å². The van der Waals surface area contributed by atoms with Crippen molar-refractivity contribution in [2.24, 2.45) is 0 Å². The van der Waals surface area contributed by atoms with Crippen LogP contribution in [0.15, 0.2) is 0 Å². The monoisotopic (exact) mass is 248 g/mol. The minimum atomic E-state index is 0.00112. The molecule has 0 unspecified atom stereocenters. The minimum Gasteiger partial charge on any atom is -0.617 e. The van der Waals surface area contributed by atoms with Crippen molar-refractivity contribution in [2.75, 3.05) is 0 Å². The summed E-state index contributed by atoms with van der Waals surface area (Å²) in [6.07, 6.45) is 0. The number of halogens is 2. The van der Waals surface area contributed by atoms with Crippen LogP contribution < -0.4 is 4.73 Å². The van der Waals surface area contributed by atoms with Crippen LogP contribution in [0.25, 0.3) is 0 Å². The van der Waals surface area contributed by atoms with Crippen LogP contribution in [0.4, 0.5) is 0 Å². The molecule has 0 bridgehead atoms. The number of hydrogen-bond donors (Lipinski definition) is 0. The summed E-state index contributed by atoms with van der Waals surface area (Å²) >= 11 is 11.9. The number of hydrogen-bond acceptors (Lipinski definition) is 2. The van der Waals surface area contributed by atoms with E-state index in [0.717, 1.165) is 0 Å². The first-order valence-electron chi connectivity index (χ1n) is 4.84. The molecule has 1 rings (SSSR count). The summed E-state index contributed by atoms with van der Waals surface area (Å²) in [6, 6.07) is 0. The van der Waals surface area contributed by atoms with E-state index in [0.29, 0.717) is 16.1 Å². The summed E-state index contributed by atoms with van der Waals surface area (Å²) in [6.45, 7) is 7.59. The lowest BCUT2D eigenvalue weighted by atomic mass is 10.1. The highest BCUT2D eigenvalue weighted by Crippen LogP contribution is 2.25. The van der Waals surface area contributed by atoms with E-state index in [9.17, 15) is 5.21 Å². The molecule has 0 radical (unpaired) electrons. The molecule has 3 nitrogen and oxygen atoms in total. The fourth-order valence-electron chi connectivity index (χ4n) is 1.34. The molecule has 0 fully saturated rings. The third-order valence-electron chi connectivity index (χ3n) is 2.13. The zero-order valence-electron chi connectivity index (χ0n) is 9.21. The standard InChI is InChI=1S/C10H14Cl2N2O/c1-5(2)7-10(12)14(15)8(6(3)4)9(11)13-7/h5-6H,1-4H3. The molecule has 0 aromatic carbocycles. The molecule has 0 atom stereocenters. The second-order valence-corrected chi connectivity index (χ2v) is 4.78. The molecule has 0 aliphatic rings. The maximum atomic E-state index is 11.8. The van der Waals surface area contributed by atoms with Crippen LogP contribution in [0.2, 0.25) is 10.3 Å². The average molecular weight is 249 g/mol. The van der Waals surface area contributed by atoms with Crippen molar-refractivity contribution < 1.29 is 4.73 Å². The van der Waals surface area contributed by atoms with Crippen molar-refractivity contribution in [3.05, 3.63) is 26.9 Å². The molecule has 0 saturated heterocycles. The normalized spacial score (nSPS) is 11.5. The lowest BCUT2D eigenvalue weighted by Crippen LogP contribution is -2.36. The molecular formula is C10H14Cl2N2O. The zero-order chi connectivity index (χ0) is 11.7. The molecule has 5 heteroatoms. The van der Waals surface area contributed by atoms with Gasteiger partial charge in [0, 0.05) is 11.8 Å².